The van der Waals surface area contributed by atoms with Crippen LogP contribution in [0.1, 0.15) is 31.1 Å². The van der Waals surface area contributed by atoms with Crippen LogP contribution in [0.15, 0.2) is 29.2 Å². The van der Waals surface area contributed by atoms with Crippen molar-refractivity contribution in [1.82, 2.24) is 4.31 Å². The number of carbonyl (C=O) groups excluding carboxylic acids is 1. The predicted octanol–water partition coefficient (Wildman–Crippen LogP) is 1.93. The normalized spacial score (nSPS) is 12.1. The summed E-state index contributed by atoms with van der Waals surface area (Å²) in [7, 11) is -2.10. The number of methoxy groups -OCH3 is 1. The quantitative estimate of drug-likeness (QED) is 0.722. The van der Waals surface area contributed by atoms with Crippen molar-refractivity contribution in [3.63, 3.8) is 0 Å². The third kappa shape index (κ3) is 3.88. The zero-order valence-corrected chi connectivity index (χ0v) is 13.1. The van der Waals surface area contributed by atoms with Gasteiger partial charge >= 0.3 is 0 Å². The second kappa shape index (κ2) is 6.97. The summed E-state index contributed by atoms with van der Waals surface area (Å²) in [6, 6.07) is 5.93. The van der Waals surface area contributed by atoms with E-state index in [9.17, 15) is 13.2 Å². The van der Waals surface area contributed by atoms with Crippen LogP contribution in [0.3, 0.4) is 0 Å². The Morgan fingerprint density at radius 2 is 2.00 bits per heavy atom. The van der Waals surface area contributed by atoms with Gasteiger partial charge in [0.1, 0.15) is 0 Å². The third-order valence-corrected chi connectivity index (χ3v) is 5.01. The number of ketones is 1. The maximum atomic E-state index is 12.6. The molecule has 6 heteroatoms. The molecule has 0 saturated heterocycles. The summed E-state index contributed by atoms with van der Waals surface area (Å²) < 4.78 is 31.6. The lowest BCUT2D eigenvalue weighted by Gasteiger charge is -2.25. The average Bonchev–Trinajstić information content (AvgIpc) is 2.38. The van der Waals surface area contributed by atoms with E-state index >= 15 is 0 Å². The molecule has 0 amide bonds. The minimum Gasteiger partial charge on any atom is -0.383 e. The molecule has 0 saturated carbocycles. The molecular weight excluding hydrogens is 278 g/mol. The van der Waals surface area contributed by atoms with Gasteiger partial charge in [-0.15, -0.1) is 0 Å². The standard InChI is InChI=1S/C14H21NO4S/c1-11(2)15(8-9-19-4)20(17,18)14-7-5-6-13(10-14)12(3)16/h5-7,10-11H,8-9H2,1-4H3. The molecule has 0 atom stereocenters. The Labute approximate surface area is 120 Å². The largest absolute Gasteiger partial charge is 0.383 e. The highest BCUT2D eigenvalue weighted by Gasteiger charge is 2.27. The van der Waals surface area contributed by atoms with Crippen molar-refractivity contribution >= 4 is 15.8 Å². The second-order valence-electron chi connectivity index (χ2n) is 4.79. The number of hydrogen-bond donors (Lipinski definition) is 0. The van der Waals surface area contributed by atoms with Crippen molar-refractivity contribution in [1.29, 1.82) is 0 Å². The number of nitrogens with zero attached hydrogens (tertiary/aromatic N) is 1. The van der Waals surface area contributed by atoms with Gasteiger partial charge in [-0.25, -0.2) is 8.42 Å². The molecule has 20 heavy (non-hydrogen) atoms. The monoisotopic (exact) mass is 299 g/mol. The highest BCUT2D eigenvalue weighted by atomic mass is 32.2. The number of Topliss-reactive ketones (excluding diaryl/α,β-unsaturated/α-hetero) is 1. The van der Waals surface area contributed by atoms with E-state index in [1.54, 1.807) is 12.1 Å². The van der Waals surface area contributed by atoms with E-state index in [0.29, 0.717) is 12.2 Å². The number of hydrogen-bond acceptors (Lipinski definition) is 4. The van der Waals surface area contributed by atoms with Gasteiger partial charge in [-0.2, -0.15) is 4.31 Å². The van der Waals surface area contributed by atoms with Gasteiger partial charge in [0.25, 0.3) is 0 Å². The Bertz CT molecular complexity index is 566. The molecule has 0 bridgehead atoms. The van der Waals surface area contributed by atoms with Crippen LogP contribution in [0.2, 0.25) is 0 Å². The SMILES string of the molecule is COCCN(C(C)C)S(=O)(=O)c1cccc(C(C)=O)c1. The van der Waals surface area contributed by atoms with E-state index in [1.165, 1.54) is 30.5 Å². The lowest BCUT2D eigenvalue weighted by molar-refractivity contribution is 0.101. The highest BCUT2D eigenvalue weighted by Crippen LogP contribution is 2.19. The molecule has 0 aliphatic heterocycles. The molecule has 0 radical (unpaired) electrons. The molecule has 0 aromatic heterocycles. The van der Waals surface area contributed by atoms with Gasteiger partial charge in [0.15, 0.2) is 5.78 Å². The fourth-order valence-electron chi connectivity index (χ4n) is 1.85. The zero-order chi connectivity index (χ0) is 15.3. The fourth-order valence-corrected chi connectivity index (χ4v) is 3.52. The molecule has 0 spiro atoms. The molecule has 5 nitrogen and oxygen atoms in total. The van der Waals surface area contributed by atoms with Gasteiger partial charge in [-0.1, -0.05) is 12.1 Å². The molecule has 1 aromatic rings. The van der Waals surface area contributed by atoms with Crippen LogP contribution in [0, 0.1) is 0 Å². The van der Waals surface area contributed by atoms with Crippen molar-refractivity contribution < 1.29 is 17.9 Å². The van der Waals surface area contributed by atoms with Crippen LogP contribution in [0.4, 0.5) is 0 Å². The molecular formula is C14H21NO4S. The lowest BCUT2D eigenvalue weighted by Crippen LogP contribution is -2.39. The fraction of sp³-hybridized carbons (Fsp3) is 0.500. The van der Waals surface area contributed by atoms with E-state index in [2.05, 4.69) is 0 Å². The van der Waals surface area contributed by atoms with Crippen LogP contribution in [0.5, 0.6) is 0 Å². The minimum absolute atomic E-state index is 0.134. The second-order valence-corrected chi connectivity index (χ2v) is 6.68. The van der Waals surface area contributed by atoms with Crippen LogP contribution in [-0.4, -0.2) is 44.8 Å². The minimum atomic E-state index is -3.63. The molecule has 0 aliphatic carbocycles. The first-order valence-corrected chi connectivity index (χ1v) is 7.86. The van der Waals surface area contributed by atoms with E-state index in [-0.39, 0.29) is 23.3 Å². The van der Waals surface area contributed by atoms with Crippen molar-refractivity contribution in [2.45, 2.75) is 31.7 Å². The smallest absolute Gasteiger partial charge is 0.243 e. The first-order valence-electron chi connectivity index (χ1n) is 6.42. The van der Waals surface area contributed by atoms with E-state index in [1.807, 2.05) is 13.8 Å². The molecule has 1 aromatic carbocycles. The average molecular weight is 299 g/mol. The van der Waals surface area contributed by atoms with Crippen molar-refractivity contribution in [3.05, 3.63) is 29.8 Å². The maximum Gasteiger partial charge on any atom is 0.243 e. The third-order valence-electron chi connectivity index (χ3n) is 2.94. The Balaban J connectivity index is 3.19. The topological polar surface area (TPSA) is 63.7 Å². The molecule has 0 fully saturated rings. The van der Waals surface area contributed by atoms with Gasteiger partial charge in [-0.3, -0.25) is 4.79 Å². The van der Waals surface area contributed by atoms with Crippen LogP contribution >= 0.6 is 0 Å². The molecule has 0 heterocycles. The lowest BCUT2D eigenvalue weighted by atomic mass is 10.2. The molecule has 112 valence electrons. The Kier molecular flexibility index (Phi) is 5.86. The van der Waals surface area contributed by atoms with Gasteiger partial charge in [0.2, 0.25) is 10.0 Å². The Hall–Kier alpha value is -1.24. The number of sulfonamides is 1. The van der Waals surface area contributed by atoms with Crippen LogP contribution < -0.4 is 0 Å². The summed E-state index contributed by atoms with van der Waals surface area (Å²) in [5, 5.41) is 0. The van der Waals surface area contributed by atoms with Crippen LogP contribution in [0.25, 0.3) is 0 Å². The molecule has 1 rings (SSSR count). The Morgan fingerprint density at radius 1 is 1.35 bits per heavy atom. The van der Waals surface area contributed by atoms with E-state index in [4.69, 9.17) is 4.74 Å². The number of rotatable bonds is 7. The summed E-state index contributed by atoms with van der Waals surface area (Å²) in [5.74, 6) is -0.157. The molecule has 0 aliphatic rings. The predicted molar refractivity (Wildman–Crippen MR) is 77.4 cm³/mol. The van der Waals surface area contributed by atoms with E-state index < -0.39 is 10.0 Å². The van der Waals surface area contributed by atoms with Crippen molar-refractivity contribution in [3.8, 4) is 0 Å². The maximum absolute atomic E-state index is 12.6. The van der Waals surface area contributed by atoms with E-state index in [0.717, 1.165) is 0 Å². The number of ether oxygens (including phenoxy) is 1. The molecule has 0 N–H and O–H groups in total. The highest BCUT2D eigenvalue weighted by molar-refractivity contribution is 7.89. The van der Waals surface area contributed by atoms with Gasteiger partial charge < -0.3 is 4.74 Å². The van der Waals surface area contributed by atoms with Gasteiger partial charge in [-0.05, 0) is 32.9 Å². The first-order chi connectivity index (χ1) is 9.30. The van der Waals surface area contributed by atoms with Gasteiger partial charge in [0, 0.05) is 25.3 Å². The summed E-state index contributed by atoms with van der Waals surface area (Å²) in [6.07, 6.45) is 0. The first kappa shape index (κ1) is 16.8. The summed E-state index contributed by atoms with van der Waals surface area (Å²) >= 11 is 0. The van der Waals surface area contributed by atoms with Crippen LogP contribution in [-0.2, 0) is 14.8 Å². The zero-order valence-electron chi connectivity index (χ0n) is 12.3. The van der Waals surface area contributed by atoms with Crippen molar-refractivity contribution in [2.75, 3.05) is 20.3 Å². The summed E-state index contributed by atoms with van der Waals surface area (Å²) in [6.45, 7) is 5.63. The Morgan fingerprint density at radius 3 is 2.50 bits per heavy atom. The van der Waals surface area contributed by atoms with Gasteiger partial charge in [0.05, 0.1) is 11.5 Å². The number of benzene rings is 1. The van der Waals surface area contributed by atoms with Crippen molar-refractivity contribution in [2.24, 2.45) is 0 Å². The molecule has 0 unspecified atom stereocenters. The summed E-state index contributed by atoms with van der Waals surface area (Å²) in [5.41, 5.74) is 0.390. The summed E-state index contributed by atoms with van der Waals surface area (Å²) in [4.78, 5) is 11.5. The number of carbonyl (C=O) groups is 1.